The van der Waals surface area contributed by atoms with E-state index in [0.717, 1.165) is 60.0 Å². The van der Waals surface area contributed by atoms with Gasteiger partial charge in [-0.15, -0.1) is 0 Å². The highest BCUT2D eigenvalue weighted by Gasteiger charge is 2.22. The average Bonchev–Trinajstić information content (AvgIpc) is 3.28. The van der Waals surface area contributed by atoms with Gasteiger partial charge in [-0.2, -0.15) is 0 Å². The zero-order chi connectivity index (χ0) is 27.1. The van der Waals surface area contributed by atoms with E-state index in [1.165, 1.54) is 31.4 Å². The molecule has 206 valence electrons. The van der Waals surface area contributed by atoms with Crippen molar-refractivity contribution in [3.8, 4) is 5.75 Å². The number of carbonyl (C=O) groups is 1. The van der Waals surface area contributed by atoms with E-state index in [-0.39, 0.29) is 23.0 Å². The predicted octanol–water partition coefficient (Wildman–Crippen LogP) is 4.17. The van der Waals surface area contributed by atoms with Gasteiger partial charge >= 0.3 is 4.87 Å². The number of aromatic nitrogens is 1. The van der Waals surface area contributed by atoms with E-state index >= 15 is 0 Å². The molecule has 4 N–H and O–H groups in total. The zero-order valence-electron chi connectivity index (χ0n) is 21.6. The Bertz CT molecular complexity index is 1270. The Balaban J connectivity index is 1.44. The number of aromatic hydroxyl groups is 1. The summed E-state index contributed by atoms with van der Waals surface area (Å²) in [6.45, 7) is 3.33. The molecule has 0 bridgehead atoms. The number of fused-ring (bicyclic) bond motifs is 1. The fourth-order valence-corrected chi connectivity index (χ4v) is 6.27. The van der Waals surface area contributed by atoms with Gasteiger partial charge in [0.25, 0.3) is 0 Å². The SMILES string of the molecule is NC(=O)CCN(CCc1cc(F)cc(F)c1)CCN(CCc1ccc(O)c2[nH]c(=O)sc12)C1CCCCC1. The number of phenols is 1. The Morgan fingerprint density at radius 1 is 1.00 bits per heavy atom. The van der Waals surface area contributed by atoms with Crippen LogP contribution in [0.5, 0.6) is 5.75 Å². The first-order chi connectivity index (χ1) is 18.3. The maximum atomic E-state index is 13.7. The predicted molar refractivity (Wildman–Crippen MR) is 147 cm³/mol. The minimum atomic E-state index is -0.595. The summed E-state index contributed by atoms with van der Waals surface area (Å²) >= 11 is 1.12. The maximum Gasteiger partial charge on any atom is 0.305 e. The molecule has 1 heterocycles. The van der Waals surface area contributed by atoms with Crippen LogP contribution in [0, 0.1) is 11.6 Å². The number of H-pyrrole nitrogens is 1. The van der Waals surface area contributed by atoms with Gasteiger partial charge in [0.15, 0.2) is 0 Å². The molecule has 38 heavy (non-hydrogen) atoms. The smallest absolute Gasteiger partial charge is 0.305 e. The lowest BCUT2D eigenvalue weighted by atomic mass is 9.93. The Hall–Kier alpha value is -2.82. The lowest BCUT2D eigenvalue weighted by molar-refractivity contribution is -0.118. The number of benzene rings is 2. The van der Waals surface area contributed by atoms with Crippen molar-refractivity contribution in [1.29, 1.82) is 0 Å². The molecule has 2 aromatic carbocycles. The Kier molecular flexibility index (Phi) is 9.87. The number of hydrogen-bond acceptors (Lipinski definition) is 6. The first kappa shape index (κ1) is 28.2. The molecule has 0 spiro atoms. The third-order valence-corrected chi connectivity index (χ3v) is 8.37. The van der Waals surface area contributed by atoms with E-state index in [1.807, 2.05) is 6.07 Å². The average molecular weight is 547 g/mol. The van der Waals surface area contributed by atoms with Crippen molar-refractivity contribution in [3.63, 3.8) is 0 Å². The van der Waals surface area contributed by atoms with E-state index in [2.05, 4.69) is 14.8 Å². The van der Waals surface area contributed by atoms with E-state index in [1.54, 1.807) is 6.07 Å². The van der Waals surface area contributed by atoms with E-state index in [0.29, 0.717) is 43.2 Å². The van der Waals surface area contributed by atoms with Crippen LogP contribution in [0.3, 0.4) is 0 Å². The Morgan fingerprint density at radius 2 is 1.74 bits per heavy atom. The number of thiazole rings is 1. The lowest BCUT2D eigenvalue weighted by Gasteiger charge is -2.36. The molecule has 1 aliphatic rings. The lowest BCUT2D eigenvalue weighted by Crippen LogP contribution is -2.44. The van der Waals surface area contributed by atoms with Gasteiger partial charge in [0.1, 0.15) is 22.9 Å². The molecule has 1 saturated carbocycles. The molecule has 0 atom stereocenters. The van der Waals surface area contributed by atoms with Crippen molar-refractivity contribution in [2.75, 3.05) is 32.7 Å². The summed E-state index contributed by atoms with van der Waals surface area (Å²) in [7, 11) is 0. The van der Waals surface area contributed by atoms with Crippen molar-refractivity contribution in [2.24, 2.45) is 5.73 Å². The molecule has 1 aromatic heterocycles. The molecule has 0 unspecified atom stereocenters. The molecule has 0 saturated heterocycles. The molecule has 3 aromatic rings. The van der Waals surface area contributed by atoms with E-state index in [4.69, 9.17) is 5.73 Å². The number of hydrogen-bond donors (Lipinski definition) is 3. The van der Waals surface area contributed by atoms with Crippen molar-refractivity contribution in [3.05, 3.63) is 62.8 Å². The highest BCUT2D eigenvalue weighted by Crippen LogP contribution is 2.29. The van der Waals surface area contributed by atoms with Crippen molar-refractivity contribution < 1.29 is 18.7 Å². The van der Waals surface area contributed by atoms with Crippen molar-refractivity contribution in [2.45, 2.75) is 57.4 Å². The molecule has 0 radical (unpaired) electrons. The van der Waals surface area contributed by atoms with Gasteiger partial charge in [0, 0.05) is 51.3 Å². The van der Waals surface area contributed by atoms with Crippen LogP contribution in [0.25, 0.3) is 10.2 Å². The van der Waals surface area contributed by atoms with Crippen LogP contribution in [-0.2, 0) is 17.6 Å². The number of amides is 1. The number of primary amides is 1. The van der Waals surface area contributed by atoms with Gasteiger partial charge < -0.3 is 20.7 Å². The molecule has 4 rings (SSSR count). The van der Waals surface area contributed by atoms with Gasteiger partial charge in [-0.3, -0.25) is 14.5 Å². The van der Waals surface area contributed by atoms with Crippen molar-refractivity contribution >= 4 is 27.5 Å². The summed E-state index contributed by atoms with van der Waals surface area (Å²) < 4.78 is 28.1. The zero-order valence-corrected chi connectivity index (χ0v) is 22.4. The number of phenolic OH excluding ortho intramolecular Hbond substituents is 1. The number of carbonyl (C=O) groups excluding carboxylic acids is 1. The largest absolute Gasteiger partial charge is 0.506 e. The minimum absolute atomic E-state index is 0.0782. The standard InChI is InChI=1S/C28H36F2N4O3S/c29-21-16-19(17-22(30)18-21)8-11-33(12-10-25(31)36)14-15-34(23-4-2-1-3-5-23)13-9-20-6-7-24(35)26-27(20)38-28(37)32-26/h6-7,16-18,23,35H,1-5,8-15H2,(H2,31,36)(H,32,37). The van der Waals surface area contributed by atoms with Gasteiger partial charge in [-0.25, -0.2) is 8.78 Å². The number of nitrogens with one attached hydrogen (secondary N) is 1. The summed E-state index contributed by atoms with van der Waals surface area (Å²) in [6, 6.07) is 7.53. The molecule has 0 aliphatic heterocycles. The molecular formula is C28H36F2N4O3S. The quantitative estimate of drug-likeness (QED) is 0.299. The van der Waals surface area contributed by atoms with Gasteiger partial charge in [0.05, 0.1) is 4.70 Å². The number of nitrogens with two attached hydrogens (primary N) is 1. The summed E-state index contributed by atoms with van der Waals surface area (Å²) in [4.78, 5) is 30.6. The summed E-state index contributed by atoms with van der Waals surface area (Å²) in [5.41, 5.74) is 7.52. The first-order valence-corrected chi connectivity index (χ1v) is 14.1. The molecule has 10 heteroatoms. The Labute approximate surface area is 225 Å². The molecule has 7 nitrogen and oxygen atoms in total. The third kappa shape index (κ3) is 7.85. The summed E-state index contributed by atoms with van der Waals surface area (Å²) in [5.74, 6) is -1.49. The monoisotopic (exact) mass is 546 g/mol. The number of rotatable bonds is 13. The second-order valence-corrected chi connectivity index (χ2v) is 11.1. The number of halogens is 2. The first-order valence-electron chi connectivity index (χ1n) is 13.3. The minimum Gasteiger partial charge on any atom is -0.506 e. The maximum absolute atomic E-state index is 13.7. The highest BCUT2D eigenvalue weighted by atomic mass is 32.1. The molecule has 1 aliphatic carbocycles. The van der Waals surface area contributed by atoms with Crippen LogP contribution in [0.2, 0.25) is 0 Å². The van der Waals surface area contributed by atoms with Crippen LogP contribution < -0.4 is 10.6 Å². The van der Waals surface area contributed by atoms with Crippen LogP contribution >= 0.6 is 11.3 Å². The van der Waals surface area contributed by atoms with Crippen molar-refractivity contribution in [1.82, 2.24) is 14.8 Å². The second-order valence-electron chi connectivity index (χ2n) is 10.1. The molecule has 1 amide bonds. The van der Waals surface area contributed by atoms with Gasteiger partial charge in [0.2, 0.25) is 5.91 Å². The van der Waals surface area contributed by atoms with Crippen LogP contribution in [0.1, 0.15) is 49.7 Å². The van der Waals surface area contributed by atoms with Crippen LogP contribution in [0.15, 0.2) is 35.1 Å². The highest BCUT2D eigenvalue weighted by molar-refractivity contribution is 7.16. The van der Waals surface area contributed by atoms with Crippen LogP contribution in [-0.4, -0.2) is 64.6 Å². The third-order valence-electron chi connectivity index (χ3n) is 7.42. The van der Waals surface area contributed by atoms with Gasteiger partial charge in [-0.05, 0) is 55.0 Å². The normalized spacial score (nSPS) is 14.6. The number of nitrogens with zero attached hydrogens (tertiary/aromatic N) is 2. The van der Waals surface area contributed by atoms with Gasteiger partial charge in [-0.1, -0.05) is 36.7 Å². The fraction of sp³-hybridized carbons (Fsp3) is 0.500. The fourth-order valence-electron chi connectivity index (χ4n) is 5.37. The second kappa shape index (κ2) is 13.3. The molecule has 1 fully saturated rings. The summed E-state index contributed by atoms with van der Waals surface area (Å²) in [5, 5.41) is 10.1. The van der Waals surface area contributed by atoms with Crippen LogP contribution in [0.4, 0.5) is 8.78 Å². The Morgan fingerprint density at radius 3 is 2.45 bits per heavy atom. The topological polar surface area (TPSA) is 103 Å². The van der Waals surface area contributed by atoms with E-state index in [9.17, 15) is 23.5 Å². The summed E-state index contributed by atoms with van der Waals surface area (Å²) in [6.07, 6.45) is 7.33. The van der Waals surface area contributed by atoms with E-state index < -0.39 is 11.6 Å². The molecular weight excluding hydrogens is 510 g/mol. The number of aromatic amines is 1.